The fraction of sp³-hybridized carbons (Fsp3) is 0.182. The number of thiophene rings is 1. The van der Waals surface area contributed by atoms with Gasteiger partial charge in [-0.1, -0.05) is 30.3 Å². The first kappa shape index (κ1) is 19.0. The van der Waals surface area contributed by atoms with Crippen LogP contribution in [0.3, 0.4) is 0 Å². The zero-order chi connectivity index (χ0) is 20.1. The van der Waals surface area contributed by atoms with Gasteiger partial charge in [0.05, 0.1) is 5.39 Å². The molecule has 0 spiro atoms. The summed E-state index contributed by atoms with van der Waals surface area (Å²) in [6.07, 6.45) is 5.37. The summed E-state index contributed by atoms with van der Waals surface area (Å²) in [5.74, 6) is 0.754. The van der Waals surface area contributed by atoms with Crippen LogP contribution in [0.2, 0.25) is 0 Å². The number of benzene rings is 1. The average Bonchev–Trinajstić information content (AvgIpc) is 3.10. The van der Waals surface area contributed by atoms with E-state index in [2.05, 4.69) is 44.6 Å². The highest BCUT2D eigenvalue weighted by molar-refractivity contribution is 7.19. The van der Waals surface area contributed by atoms with Crippen LogP contribution in [0.4, 0.5) is 5.82 Å². The Labute approximate surface area is 173 Å². The van der Waals surface area contributed by atoms with Gasteiger partial charge in [-0.2, -0.15) is 0 Å². The number of hydrogen-bond donors (Lipinski definition) is 2. The van der Waals surface area contributed by atoms with Crippen LogP contribution in [-0.2, 0) is 11.3 Å². The van der Waals surface area contributed by atoms with Crippen molar-refractivity contribution in [1.29, 1.82) is 0 Å². The number of rotatable bonds is 7. The maximum atomic E-state index is 12.2. The van der Waals surface area contributed by atoms with E-state index in [1.165, 1.54) is 4.88 Å². The molecule has 0 bridgehead atoms. The number of nitrogens with one attached hydrogen (secondary N) is 2. The Kier molecular flexibility index (Phi) is 5.76. The highest BCUT2D eigenvalue weighted by Crippen LogP contribution is 2.40. The van der Waals surface area contributed by atoms with Gasteiger partial charge in [-0.05, 0) is 30.2 Å². The van der Waals surface area contributed by atoms with Crippen molar-refractivity contribution >= 4 is 33.3 Å². The molecule has 0 saturated carbocycles. The van der Waals surface area contributed by atoms with E-state index in [-0.39, 0.29) is 5.91 Å². The Morgan fingerprint density at radius 3 is 2.66 bits per heavy atom. The number of nitrogens with zero attached hydrogens (tertiary/aromatic N) is 3. The van der Waals surface area contributed by atoms with Gasteiger partial charge in [0, 0.05) is 42.3 Å². The fourth-order valence-corrected chi connectivity index (χ4v) is 4.23. The molecule has 146 valence electrons. The van der Waals surface area contributed by atoms with Crippen LogP contribution in [0.1, 0.15) is 16.9 Å². The Morgan fingerprint density at radius 2 is 1.86 bits per heavy atom. The van der Waals surface area contributed by atoms with Gasteiger partial charge in [0.1, 0.15) is 17.0 Å². The zero-order valence-electron chi connectivity index (χ0n) is 16.1. The van der Waals surface area contributed by atoms with E-state index in [1.54, 1.807) is 30.1 Å². The van der Waals surface area contributed by atoms with Crippen molar-refractivity contribution in [3.8, 4) is 11.1 Å². The number of fused-ring (bicyclic) bond motifs is 1. The Balaban J connectivity index is 1.45. The minimum absolute atomic E-state index is 0.00982. The third kappa shape index (κ3) is 4.41. The lowest BCUT2D eigenvalue weighted by Crippen LogP contribution is -2.25. The lowest BCUT2D eigenvalue weighted by atomic mass is 10.0. The monoisotopic (exact) mass is 403 g/mol. The third-order valence-electron chi connectivity index (χ3n) is 4.61. The Bertz CT molecular complexity index is 1110. The summed E-state index contributed by atoms with van der Waals surface area (Å²) in [4.78, 5) is 27.2. The third-order valence-corrected chi connectivity index (χ3v) is 5.62. The van der Waals surface area contributed by atoms with E-state index < -0.39 is 0 Å². The molecule has 4 aromatic rings. The van der Waals surface area contributed by atoms with E-state index in [9.17, 15) is 4.79 Å². The predicted molar refractivity (Wildman–Crippen MR) is 117 cm³/mol. The molecule has 0 saturated heterocycles. The van der Waals surface area contributed by atoms with Crippen molar-refractivity contribution in [3.05, 3.63) is 71.6 Å². The average molecular weight is 404 g/mol. The summed E-state index contributed by atoms with van der Waals surface area (Å²) in [6, 6.07) is 14.0. The number of carbonyl (C=O) groups is 1. The van der Waals surface area contributed by atoms with Crippen molar-refractivity contribution in [1.82, 2.24) is 20.3 Å². The van der Waals surface area contributed by atoms with Gasteiger partial charge < -0.3 is 10.6 Å². The number of aryl methyl sites for hydroxylation is 1. The minimum Gasteiger partial charge on any atom is -0.369 e. The molecular formula is C22H21N5OS. The SMILES string of the molecule is Cc1sc2ncnc(NCCC(=O)NCc3ccncc3)c2c1-c1ccccc1. The predicted octanol–water partition coefficient (Wildman–Crippen LogP) is 4.18. The summed E-state index contributed by atoms with van der Waals surface area (Å²) in [5.41, 5.74) is 3.32. The van der Waals surface area contributed by atoms with E-state index in [0.29, 0.717) is 19.5 Å². The van der Waals surface area contributed by atoms with Crippen molar-refractivity contribution in [3.63, 3.8) is 0 Å². The summed E-state index contributed by atoms with van der Waals surface area (Å²) in [5, 5.41) is 7.26. The van der Waals surface area contributed by atoms with Crippen molar-refractivity contribution in [2.75, 3.05) is 11.9 Å². The molecule has 0 aliphatic rings. The van der Waals surface area contributed by atoms with Gasteiger partial charge in [0.15, 0.2) is 0 Å². The molecule has 3 heterocycles. The van der Waals surface area contributed by atoms with Crippen LogP contribution in [-0.4, -0.2) is 27.4 Å². The van der Waals surface area contributed by atoms with Gasteiger partial charge in [-0.15, -0.1) is 11.3 Å². The van der Waals surface area contributed by atoms with Gasteiger partial charge in [-0.25, -0.2) is 9.97 Å². The number of anilines is 1. The van der Waals surface area contributed by atoms with Gasteiger partial charge >= 0.3 is 0 Å². The molecule has 0 aliphatic heterocycles. The number of hydrogen-bond acceptors (Lipinski definition) is 6. The first-order chi connectivity index (χ1) is 14.2. The van der Waals surface area contributed by atoms with E-state index in [1.807, 2.05) is 30.3 Å². The van der Waals surface area contributed by atoms with Crippen LogP contribution in [0.5, 0.6) is 0 Å². The topological polar surface area (TPSA) is 79.8 Å². The smallest absolute Gasteiger partial charge is 0.222 e. The molecule has 6 nitrogen and oxygen atoms in total. The molecule has 3 aromatic heterocycles. The number of aromatic nitrogens is 3. The molecule has 1 amide bonds. The molecule has 0 atom stereocenters. The molecule has 29 heavy (non-hydrogen) atoms. The molecule has 0 aliphatic carbocycles. The summed E-state index contributed by atoms with van der Waals surface area (Å²) in [6.45, 7) is 3.10. The molecular weight excluding hydrogens is 382 g/mol. The van der Waals surface area contributed by atoms with Gasteiger partial charge in [-0.3, -0.25) is 9.78 Å². The van der Waals surface area contributed by atoms with Crippen LogP contribution in [0.25, 0.3) is 21.3 Å². The Morgan fingerprint density at radius 1 is 1.07 bits per heavy atom. The van der Waals surface area contributed by atoms with E-state index in [0.717, 1.165) is 32.7 Å². The molecule has 0 radical (unpaired) electrons. The number of carbonyl (C=O) groups excluding carboxylic acids is 1. The van der Waals surface area contributed by atoms with Crippen LogP contribution >= 0.6 is 11.3 Å². The van der Waals surface area contributed by atoms with Crippen LogP contribution in [0.15, 0.2) is 61.2 Å². The first-order valence-electron chi connectivity index (χ1n) is 9.41. The van der Waals surface area contributed by atoms with Gasteiger partial charge in [0.2, 0.25) is 5.91 Å². The van der Waals surface area contributed by atoms with E-state index in [4.69, 9.17) is 0 Å². The van der Waals surface area contributed by atoms with Crippen molar-refractivity contribution in [2.24, 2.45) is 0 Å². The second-order valence-electron chi connectivity index (χ2n) is 6.61. The summed E-state index contributed by atoms with van der Waals surface area (Å²) >= 11 is 1.66. The molecule has 1 aromatic carbocycles. The molecule has 4 rings (SSSR count). The first-order valence-corrected chi connectivity index (χ1v) is 10.2. The maximum absolute atomic E-state index is 12.2. The number of amides is 1. The second kappa shape index (κ2) is 8.79. The largest absolute Gasteiger partial charge is 0.369 e. The van der Waals surface area contributed by atoms with Gasteiger partial charge in [0.25, 0.3) is 0 Å². The summed E-state index contributed by atoms with van der Waals surface area (Å²) in [7, 11) is 0. The lowest BCUT2D eigenvalue weighted by molar-refractivity contribution is -0.121. The standard InChI is InChI=1S/C22H21N5OS/c1-15-19(17-5-3-2-4-6-17)20-21(26-14-27-22(20)29-15)24-12-9-18(28)25-13-16-7-10-23-11-8-16/h2-8,10-11,14H,9,12-13H2,1H3,(H,25,28)(H,24,26,27). The fourth-order valence-electron chi connectivity index (χ4n) is 3.21. The van der Waals surface area contributed by atoms with Crippen molar-refractivity contribution < 1.29 is 4.79 Å². The van der Waals surface area contributed by atoms with E-state index >= 15 is 0 Å². The zero-order valence-corrected chi connectivity index (χ0v) is 16.9. The lowest BCUT2D eigenvalue weighted by Gasteiger charge is -2.09. The number of pyridine rings is 1. The summed E-state index contributed by atoms with van der Waals surface area (Å²) < 4.78 is 0. The highest BCUT2D eigenvalue weighted by atomic mass is 32.1. The quantitative estimate of drug-likeness (QED) is 0.484. The highest BCUT2D eigenvalue weighted by Gasteiger charge is 2.16. The minimum atomic E-state index is -0.00982. The molecule has 7 heteroatoms. The van der Waals surface area contributed by atoms with Crippen LogP contribution < -0.4 is 10.6 Å². The maximum Gasteiger partial charge on any atom is 0.222 e. The van der Waals surface area contributed by atoms with Crippen molar-refractivity contribution in [2.45, 2.75) is 19.9 Å². The normalized spacial score (nSPS) is 10.8. The molecule has 2 N–H and O–H groups in total. The Hall–Kier alpha value is -3.32. The molecule has 0 fully saturated rings. The second-order valence-corrected chi connectivity index (χ2v) is 7.81. The van der Waals surface area contributed by atoms with Crippen LogP contribution in [0, 0.1) is 6.92 Å². The molecule has 0 unspecified atom stereocenters.